The van der Waals surface area contributed by atoms with Crippen molar-refractivity contribution in [3.63, 3.8) is 0 Å². The number of rotatable bonds is 5. The van der Waals surface area contributed by atoms with Crippen LogP contribution in [-0.2, 0) is 13.0 Å². The van der Waals surface area contributed by atoms with E-state index in [4.69, 9.17) is 0 Å². The Bertz CT molecular complexity index is 486. The number of hydrogen-bond acceptors (Lipinski definition) is 2. The van der Waals surface area contributed by atoms with E-state index in [0.717, 1.165) is 19.5 Å². The lowest BCUT2D eigenvalue weighted by Crippen LogP contribution is -2.10. The van der Waals surface area contributed by atoms with E-state index in [1.54, 1.807) is 0 Å². The van der Waals surface area contributed by atoms with Crippen molar-refractivity contribution in [3.8, 4) is 0 Å². The minimum Gasteiger partial charge on any atom is -0.319 e. The van der Waals surface area contributed by atoms with Crippen LogP contribution in [0.2, 0.25) is 0 Å². The summed E-state index contributed by atoms with van der Waals surface area (Å²) in [6, 6.07) is 17.2. The molecule has 114 valence electrons. The number of hydrogen-bond donors (Lipinski definition) is 2. The smallest absolute Gasteiger partial charge is 0.0202 e. The number of nitrogens with one attached hydrogen (secondary N) is 2. The summed E-state index contributed by atoms with van der Waals surface area (Å²) in [7, 11) is 3.94. The molecular weight excluding hydrogens is 256 g/mol. The average molecular weight is 284 g/mol. The second-order valence-corrected chi connectivity index (χ2v) is 5.36. The van der Waals surface area contributed by atoms with E-state index in [1.165, 1.54) is 22.3 Å². The molecule has 0 aliphatic heterocycles. The van der Waals surface area contributed by atoms with E-state index < -0.39 is 0 Å². The Labute approximate surface area is 129 Å². The summed E-state index contributed by atoms with van der Waals surface area (Å²) in [5, 5.41) is 6.23. The van der Waals surface area contributed by atoms with E-state index in [2.05, 4.69) is 73.0 Å². The molecule has 0 saturated heterocycles. The molecule has 0 spiro atoms. The maximum absolute atomic E-state index is 3.13. The Morgan fingerprint density at radius 3 is 1.57 bits per heavy atom. The molecule has 21 heavy (non-hydrogen) atoms. The van der Waals surface area contributed by atoms with Gasteiger partial charge >= 0.3 is 0 Å². The third kappa shape index (κ3) is 7.64. The molecule has 2 rings (SSSR count). The van der Waals surface area contributed by atoms with Gasteiger partial charge < -0.3 is 10.6 Å². The Kier molecular flexibility index (Phi) is 8.41. The molecule has 0 amide bonds. The van der Waals surface area contributed by atoms with Crippen LogP contribution in [0.25, 0.3) is 0 Å². The third-order valence-corrected chi connectivity index (χ3v) is 3.29. The van der Waals surface area contributed by atoms with Gasteiger partial charge in [0.2, 0.25) is 0 Å². The van der Waals surface area contributed by atoms with Gasteiger partial charge in [-0.25, -0.2) is 0 Å². The minimum absolute atomic E-state index is 0.959. The van der Waals surface area contributed by atoms with E-state index in [0.29, 0.717) is 0 Å². The lowest BCUT2D eigenvalue weighted by molar-refractivity contribution is 0.791. The van der Waals surface area contributed by atoms with Crippen LogP contribution in [0.4, 0.5) is 0 Å². The molecule has 0 unspecified atom stereocenters. The molecule has 0 atom stereocenters. The molecule has 0 aliphatic carbocycles. The highest BCUT2D eigenvalue weighted by Crippen LogP contribution is 2.03. The Morgan fingerprint density at radius 2 is 1.14 bits per heavy atom. The fraction of sp³-hybridized carbons (Fsp3) is 0.368. The predicted octanol–water partition coefficient (Wildman–Crippen LogP) is 3.47. The summed E-state index contributed by atoms with van der Waals surface area (Å²) in [5.41, 5.74) is 5.40. The first kappa shape index (κ1) is 17.4. The second kappa shape index (κ2) is 10.1. The van der Waals surface area contributed by atoms with Crippen LogP contribution in [0.5, 0.6) is 0 Å². The summed E-state index contributed by atoms with van der Waals surface area (Å²) >= 11 is 0. The van der Waals surface area contributed by atoms with Gasteiger partial charge in [-0.1, -0.05) is 59.7 Å². The number of benzene rings is 2. The maximum atomic E-state index is 3.13. The molecule has 0 radical (unpaired) electrons. The zero-order valence-electron chi connectivity index (χ0n) is 13.7. The van der Waals surface area contributed by atoms with Crippen molar-refractivity contribution in [3.05, 3.63) is 70.8 Å². The summed E-state index contributed by atoms with van der Waals surface area (Å²) in [4.78, 5) is 0. The Balaban J connectivity index is 0.000000211. The summed E-state index contributed by atoms with van der Waals surface area (Å²) in [5.74, 6) is 0. The van der Waals surface area contributed by atoms with Crippen molar-refractivity contribution in [2.75, 3.05) is 20.6 Å². The number of aryl methyl sites for hydroxylation is 2. The van der Waals surface area contributed by atoms with Gasteiger partial charge in [-0.3, -0.25) is 0 Å². The van der Waals surface area contributed by atoms with Crippen LogP contribution in [-0.4, -0.2) is 20.6 Å². The van der Waals surface area contributed by atoms with Gasteiger partial charge in [0.15, 0.2) is 0 Å². The van der Waals surface area contributed by atoms with Gasteiger partial charge in [-0.05, 0) is 52.0 Å². The average Bonchev–Trinajstić information content (AvgIpc) is 2.50. The summed E-state index contributed by atoms with van der Waals surface area (Å²) < 4.78 is 0. The van der Waals surface area contributed by atoms with E-state index >= 15 is 0 Å². The van der Waals surface area contributed by atoms with Crippen molar-refractivity contribution in [2.24, 2.45) is 0 Å². The van der Waals surface area contributed by atoms with Crippen molar-refractivity contribution < 1.29 is 0 Å². The first-order valence-electron chi connectivity index (χ1n) is 7.56. The molecule has 0 heterocycles. The largest absolute Gasteiger partial charge is 0.319 e. The van der Waals surface area contributed by atoms with Crippen LogP contribution in [0.15, 0.2) is 48.5 Å². The standard InChI is InChI=1S/C10H15N.C9H13N/c1-9-3-5-10(6-4-9)7-8-11-2;1-8-3-5-9(6-4-8)7-10-2/h3-6,11H,7-8H2,1-2H3;3-6,10H,7H2,1-2H3. The van der Waals surface area contributed by atoms with Crippen molar-refractivity contribution >= 4 is 0 Å². The zero-order valence-corrected chi connectivity index (χ0v) is 13.7. The van der Waals surface area contributed by atoms with Gasteiger partial charge in [0.25, 0.3) is 0 Å². The normalized spacial score (nSPS) is 9.90. The van der Waals surface area contributed by atoms with Gasteiger partial charge in [-0.2, -0.15) is 0 Å². The molecule has 0 aliphatic rings. The molecule has 2 N–H and O–H groups in total. The second-order valence-electron chi connectivity index (χ2n) is 5.36. The minimum atomic E-state index is 0.959. The highest BCUT2D eigenvalue weighted by atomic mass is 14.8. The fourth-order valence-electron chi connectivity index (χ4n) is 1.93. The molecule has 0 bridgehead atoms. The first-order chi connectivity index (χ1) is 10.2. The molecule has 2 heteroatoms. The van der Waals surface area contributed by atoms with E-state index in [-0.39, 0.29) is 0 Å². The third-order valence-electron chi connectivity index (χ3n) is 3.29. The quantitative estimate of drug-likeness (QED) is 0.878. The van der Waals surface area contributed by atoms with Crippen LogP contribution in [0.1, 0.15) is 22.3 Å². The molecule has 2 nitrogen and oxygen atoms in total. The lowest BCUT2D eigenvalue weighted by Gasteiger charge is -2.00. The molecule has 2 aromatic carbocycles. The zero-order chi connectivity index (χ0) is 15.5. The van der Waals surface area contributed by atoms with E-state index in [1.807, 2.05) is 14.1 Å². The van der Waals surface area contributed by atoms with Gasteiger partial charge in [0.1, 0.15) is 0 Å². The molecule has 0 fully saturated rings. The summed E-state index contributed by atoms with van der Waals surface area (Å²) in [6.07, 6.45) is 1.12. The molecule has 0 saturated carbocycles. The van der Waals surface area contributed by atoms with Crippen molar-refractivity contribution in [1.29, 1.82) is 0 Å². The predicted molar refractivity (Wildman–Crippen MR) is 92.8 cm³/mol. The maximum Gasteiger partial charge on any atom is 0.0202 e. The van der Waals surface area contributed by atoms with Crippen LogP contribution < -0.4 is 10.6 Å². The van der Waals surface area contributed by atoms with Crippen LogP contribution in [0.3, 0.4) is 0 Å². The number of likely N-dealkylation sites (N-methyl/N-ethyl adjacent to an activating group) is 1. The van der Waals surface area contributed by atoms with Gasteiger partial charge in [-0.15, -0.1) is 0 Å². The highest BCUT2D eigenvalue weighted by molar-refractivity contribution is 5.21. The summed E-state index contributed by atoms with van der Waals surface area (Å²) in [6.45, 7) is 6.23. The van der Waals surface area contributed by atoms with Crippen LogP contribution in [0, 0.1) is 13.8 Å². The van der Waals surface area contributed by atoms with Crippen molar-refractivity contribution in [1.82, 2.24) is 10.6 Å². The van der Waals surface area contributed by atoms with E-state index in [9.17, 15) is 0 Å². The Morgan fingerprint density at radius 1 is 0.667 bits per heavy atom. The highest BCUT2D eigenvalue weighted by Gasteiger charge is 1.89. The van der Waals surface area contributed by atoms with Gasteiger partial charge in [0, 0.05) is 6.54 Å². The SMILES string of the molecule is CNCCc1ccc(C)cc1.CNCc1ccc(C)cc1. The molecule has 0 aromatic heterocycles. The lowest BCUT2D eigenvalue weighted by atomic mass is 10.1. The van der Waals surface area contributed by atoms with Crippen molar-refractivity contribution in [2.45, 2.75) is 26.8 Å². The fourth-order valence-corrected chi connectivity index (χ4v) is 1.93. The Hall–Kier alpha value is -1.64. The molecule has 2 aromatic rings. The molecular formula is C19H28N2. The first-order valence-corrected chi connectivity index (χ1v) is 7.56. The van der Waals surface area contributed by atoms with Crippen LogP contribution >= 0.6 is 0 Å². The van der Waals surface area contributed by atoms with Gasteiger partial charge in [0.05, 0.1) is 0 Å². The monoisotopic (exact) mass is 284 g/mol. The topological polar surface area (TPSA) is 24.1 Å².